The van der Waals surface area contributed by atoms with Gasteiger partial charge in [-0.1, -0.05) is 0 Å². The predicted molar refractivity (Wildman–Crippen MR) is 55.4 cm³/mol. The maximum atomic E-state index is 9.97. The number of hydrogen-bond donors (Lipinski definition) is 5. The molecule has 0 saturated carbocycles. The molecule has 0 atom stereocenters. The number of nitrogens with one attached hydrogen (secondary N) is 1. The Morgan fingerprint density at radius 3 is 1.93 bits per heavy atom. The van der Waals surface area contributed by atoms with Gasteiger partial charge in [0.05, 0.1) is 32.0 Å². The van der Waals surface area contributed by atoms with Crippen molar-refractivity contribution in [3.8, 4) is 0 Å². The van der Waals surface area contributed by atoms with Crippen molar-refractivity contribution in [3.63, 3.8) is 0 Å². The van der Waals surface area contributed by atoms with Gasteiger partial charge in [0, 0.05) is 6.54 Å². The maximum absolute atomic E-state index is 9.97. The molecule has 0 rings (SSSR count). The fourth-order valence-corrected chi connectivity index (χ4v) is 0.994. The number of rotatable bonds is 8. The minimum absolute atomic E-state index is 0. The van der Waals surface area contributed by atoms with E-state index in [-0.39, 0.29) is 42.7 Å². The van der Waals surface area contributed by atoms with E-state index in [1.165, 1.54) is 0 Å². The first-order valence-corrected chi connectivity index (χ1v) is 5.04. The molecule has 0 aromatic rings. The van der Waals surface area contributed by atoms with Crippen molar-refractivity contribution >= 4 is 40.5 Å². The van der Waals surface area contributed by atoms with Crippen LogP contribution >= 0.6 is 0 Å². The molecule has 0 heterocycles. The second-order valence-electron chi connectivity index (χ2n) is 2.74. The van der Waals surface area contributed by atoms with Crippen LogP contribution in [0.1, 0.15) is 0 Å². The summed E-state index contributed by atoms with van der Waals surface area (Å²) in [6.07, 6.45) is 0. The summed E-state index contributed by atoms with van der Waals surface area (Å²) >= 11 is 0. The van der Waals surface area contributed by atoms with Gasteiger partial charge < -0.3 is 20.6 Å². The zero-order valence-electron chi connectivity index (χ0n) is 7.55. The summed E-state index contributed by atoms with van der Waals surface area (Å²) in [6, 6.07) is 0. The van der Waals surface area contributed by atoms with Crippen molar-refractivity contribution in [2.75, 3.05) is 33.0 Å². The third-order valence-corrected chi connectivity index (χ3v) is 2.10. The summed E-state index contributed by atoms with van der Waals surface area (Å²) in [5.74, 6) is 0. The van der Waals surface area contributed by atoms with Gasteiger partial charge in [-0.05, 0) is 0 Å². The van der Waals surface area contributed by atoms with Gasteiger partial charge in [-0.15, -0.1) is 0 Å². The van der Waals surface area contributed by atoms with Gasteiger partial charge in [0.25, 0.3) is 11.0 Å². The van der Waals surface area contributed by atoms with Gasteiger partial charge in [0.2, 0.25) is 0 Å². The molecule has 0 spiro atoms. The normalized spacial score (nSPS) is 11.5. The molecule has 9 heteroatoms. The first-order chi connectivity index (χ1) is 6.60. The van der Waals surface area contributed by atoms with Crippen LogP contribution in [0, 0.1) is 0 Å². The van der Waals surface area contributed by atoms with Gasteiger partial charge in [-0.2, -0.15) is 0 Å². The van der Waals surface area contributed by atoms with Gasteiger partial charge in [-0.25, -0.2) is 8.42 Å². The van der Waals surface area contributed by atoms with Crippen LogP contribution in [-0.4, -0.2) is 91.8 Å². The average Bonchev–Trinajstić information content (AvgIpc) is 2.19. The van der Waals surface area contributed by atoms with Crippen LogP contribution in [0.5, 0.6) is 0 Å². The van der Waals surface area contributed by atoms with Crippen molar-refractivity contribution in [1.29, 1.82) is 0 Å². The molecule has 15 heavy (non-hydrogen) atoms. The Morgan fingerprint density at radius 2 is 1.60 bits per heavy atom. The van der Waals surface area contributed by atoms with Crippen molar-refractivity contribution < 1.29 is 27.9 Å². The molecule has 7 nitrogen and oxygen atoms in total. The van der Waals surface area contributed by atoms with E-state index in [2.05, 4.69) is 9.50 Å². The monoisotopic (exact) mass is 253 g/mol. The van der Waals surface area contributed by atoms with Crippen LogP contribution in [0.15, 0.2) is 0 Å². The molecule has 0 aliphatic heterocycles. The van der Waals surface area contributed by atoms with Crippen molar-refractivity contribution in [3.05, 3.63) is 0 Å². The summed E-state index contributed by atoms with van der Waals surface area (Å²) in [5, 5.41) is 29.1. The van der Waals surface area contributed by atoms with E-state index in [9.17, 15) is 8.42 Å². The van der Waals surface area contributed by atoms with E-state index in [1.54, 1.807) is 0 Å². The van der Waals surface area contributed by atoms with E-state index in [1.807, 2.05) is 0 Å². The molecular weight excluding hydrogens is 237 g/mol. The molecule has 88 valence electrons. The molecule has 0 aliphatic rings. The molecule has 0 aromatic carbocycles. The number of aliphatic hydroxyl groups excluding tert-OH is 3. The van der Waals surface area contributed by atoms with Crippen LogP contribution in [-0.2, 0) is 15.2 Å². The van der Waals surface area contributed by atoms with Gasteiger partial charge >= 0.3 is 29.6 Å². The Labute approximate surface area is 112 Å². The van der Waals surface area contributed by atoms with Crippen LogP contribution in [0.3, 0.4) is 0 Å². The summed E-state index contributed by atoms with van der Waals surface area (Å²) in [7, 11) is -2.89. The number of thiol groups is 1. The molecule has 0 radical (unpaired) electrons. The summed E-state index contributed by atoms with van der Waals surface area (Å²) in [5.41, 5.74) is -1.20. The number of hydrogen-bond acceptors (Lipinski definition) is 7. The first-order valence-electron chi connectivity index (χ1n) is 3.95. The molecule has 0 bridgehead atoms. The summed E-state index contributed by atoms with van der Waals surface area (Å²) in [6.45, 7) is -1.37. The molecule has 0 amide bonds. The Balaban J connectivity index is 0. The van der Waals surface area contributed by atoms with E-state index in [0.717, 1.165) is 0 Å². The Hall–Kier alpha value is 0.750. The van der Waals surface area contributed by atoms with Crippen LogP contribution < -0.4 is 5.32 Å². The average molecular weight is 253 g/mol. The minimum atomic E-state index is -2.89. The molecule has 0 fully saturated rings. The van der Waals surface area contributed by atoms with Crippen molar-refractivity contribution in [2.45, 2.75) is 5.54 Å². The molecule has 0 unspecified atom stereocenters. The second-order valence-corrected chi connectivity index (χ2v) is 3.44. The molecule has 0 aromatic heterocycles. The van der Waals surface area contributed by atoms with Gasteiger partial charge in [0.15, 0.2) is 0 Å². The molecular formula is C6H16NNaO6S. The van der Waals surface area contributed by atoms with Crippen LogP contribution in [0.4, 0.5) is 0 Å². The van der Waals surface area contributed by atoms with Crippen molar-refractivity contribution in [2.24, 2.45) is 0 Å². The third kappa shape index (κ3) is 7.61. The SMILES string of the molecule is O=[SH](=O)OCCNC(CO)(CO)CO.[NaH]. The summed E-state index contributed by atoms with van der Waals surface area (Å²) in [4.78, 5) is 0. The third-order valence-electron chi connectivity index (χ3n) is 1.71. The standard InChI is InChI=1S/C6H15NO6S.Na.H/c8-3-6(4-9,5-10)7-1-2-13-14(11)12;;/h7-10,14H,1-5H2;;. The quantitative estimate of drug-likeness (QED) is 0.171. The zero-order chi connectivity index (χ0) is 11.0. The topological polar surface area (TPSA) is 116 Å². The zero-order valence-corrected chi connectivity index (χ0v) is 8.44. The Bertz CT molecular complexity index is 203. The second kappa shape index (κ2) is 9.94. The van der Waals surface area contributed by atoms with Gasteiger partial charge in [0.1, 0.15) is 0 Å². The van der Waals surface area contributed by atoms with Crippen LogP contribution in [0.2, 0.25) is 0 Å². The Kier molecular flexibility index (Phi) is 12.0. The van der Waals surface area contributed by atoms with E-state index in [0.29, 0.717) is 0 Å². The fourth-order valence-electron chi connectivity index (χ4n) is 0.754. The van der Waals surface area contributed by atoms with E-state index in [4.69, 9.17) is 15.3 Å². The van der Waals surface area contributed by atoms with Crippen molar-refractivity contribution in [1.82, 2.24) is 5.32 Å². The van der Waals surface area contributed by atoms with Crippen LogP contribution in [0.25, 0.3) is 0 Å². The first kappa shape index (κ1) is 18.1. The van der Waals surface area contributed by atoms with Gasteiger partial charge in [-0.3, -0.25) is 4.18 Å². The molecule has 0 saturated heterocycles. The molecule has 0 aliphatic carbocycles. The van der Waals surface area contributed by atoms with E-state index < -0.39 is 36.3 Å². The Morgan fingerprint density at radius 1 is 1.13 bits per heavy atom. The fraction of sp³-hybridized carbons (Fsp3) is 1.00. The molecule has 4 N–H and O–H groups in total. The van der Waals surface area contributed by atoms with E-state index >= 15 is 0 Å². The summed E-state index contributed by atoms with van der Waals surface area (Å²) < 4.78 is 24.2. The predicted octanol–water partition coefficient (Wildman–Crippen LogP) is -3.81. The number of aliphatic hydroxyl groups is 3.